The summed E-state index contributed by atoms with van der Waals surface area (Å²) >= 11 is 0. The van der Waals surface area contributed by atoms with Crippen molar-refractivity contribution in [3.63, 3.8) is 0 Å². The molecule has 0 spiro atoms. The fourth-order valence-electron chi connectivity index (χ4n) is 3.77. The molecule has 4 amide bonds. The van der Waals surface area contributed by atoms with Gasteiger partial charge in [-0.3, -0.25) is 14.5 Å². The zero-order valence-electron chi connectivity index (χ0n) is 15.3. The molecule has 1 saturated heterocycles. The third-order valence-electron chi connectivity index (χ3n) is 5.34. The van der Waals surface area contributed by atoms with Crippen LogP contribution < -0.4 is 10.6 Å². The average molecular weight is 390 g/mol. The van der Waals surface area contributed by atoms with Gasteiger partial charge in [0.05, 0.1) is 6.07 Å². The Morgan fingerprint density at radius 3 is 2.61 bits per heavy atom. The number of hydrogen-bond donors (Lipinski definition) is 2. The molecule has 1 aliphatic heterocycles. The summed E-state index contributed by atoms with van der Waals surface area (Å²) in [7, 11) is 0. The number of amides is 4. The number of hydrogen-bond acceptors (Lipinski definition) is 4. The van der Waals surface area contributed by atoms with E-state index in [0.717, 1.165) is 37.5 Å². The van der Waals surface area contributed by atoms with Crippen molar-refractivity contribution in [2.75, 3.05) is 6.54 Å². The monoisotopic (exact) mass is 390 g/mol. The Labute approximate surface area is 160 Å². The number of benzene rings is 1. The van der Waals surface area contributed by atoms with Crippen molar-refractivity contribution in [3.05, 3.63) is 35.4 Å². The van der Waals surface area contributed by atoms with Gasteiger partial charge in [-0.05, 0) is 38.0 Å². The second-order valence-electron chi connectivity index (χ2n) is 7.37. The van der Waals surface area contributed by atoms with Crippen molar-refractivity contribution in [2.24, 2.45) is 0 Å². The Bertz CT molecular complexity index is 876. The van der Waals surface area contributed by atoms with Crippen molar-refractivity contribution in [1.82, 2.24) is 15.5 Å². The van der Waals surface area contributed by atoms with E-state index in [1.54, 1.807) is 0 Å². The largest absolute Gasteiger partial charge is 0.336 e. The van der Waals surface area contributed by atoms with Gasteiger partial charge in [0.1, 0.15) is 29.3 Å². The normalized spacial score (nSPS) is 23.9. The predicted octanol–water partition coefficient (Wildman–Crippen LogP) is 2.07. The van der Waals surface area contributed by atoms with E-state index < -0.39 is 47.1 Å². The molecular formula is C19H20F2N4O3. The van der Waals surface area contributed by atoms with Gasteiger partial charge in [0.15, 0.2) is 0 Å². The van der Waals surface area contributed by atoms with E-state index in [0.29, 0.717) is 17.7 Å². The number of nitrogens with one attached hydrogen (secondary N) is 2. The van der Waals surface area contributed by atoms with Gasteiger partial charge in [0.25, 0.3) is 5.91 Å². The van der Waals surface area contributed by atoms with E-state index in [2.05, 4.69) is 16.7 Å². The lowest BCUT2D eigenvalue weighted by Gasteiger charge is -2.32. The molecule has 148 valence electrons. The molecule has 1 aliphatic carbocycles. The second-order valence-corrected chi connectivity index (χ2v) is 7.37. The van der Waals surface area contributed by atoms with Crippen LogP contribution >= 0.6 is 0 Å². The van der Waals surface area contributed by atoms with E-state index in [1.807, 2.05) is 0 Å². The van der Waals surface area contributed by atoms with Crippen LogP contribution in [0.5, 0.6) is 0 Å². The number of rotatable bonds is 4. The van der Waals surface area contributed by atoms with Crippen LogP contribution in [0.1, 0.15) is 44.6 Å². The smallest absolute Gasteiger partial charge is 0.325 e. The highest BCUT2D eigenvalue weighted by atomic mass is 19.1. The zero-order chi connectivity index (χ0) is 20.5. The van der Waals surface area contributed by atoms with E-state index in [4.69, 9.17) is 0 Å². The van der Waals surface area contributed by atoms with Crippen LogP contribution in [0.15, 0.2) is 18.2 Å². The third-order valence-corrected chi connectivity index (χ3v) is 5.34. The summed E-state index contributed by atoms with van der Waals surface area (Å²) in [6.07, 6.45) is 3.58. The molecular weight excluding hydrogens is 370 g/mol. The molecule has 28 heavy (non-hydrogen) atoms. The van der Waals surface area contributed by atoms with Crippen molar-refractivity contribution in [3.8, 4) is 6.07 Å². The molecule has 2 aliphatic rings. The molecule has 3 rings (SSSR count). The third kappa shape index (κ3) is 3.42. The number of nitriles is 1. The molecule has 1 aromatic carbocycles. The molecule has 0 aromatic heterocycles. The summed E-state index contributed by atoms with van der Waals surface area (Å²) in [5, 5.41) is 14.4. The predicted molar refractivity (Wildman–Crippen MR) is 93.5 cm³/mol. The number of carbonyl (C=O) groups is 3. The highest BCUT2D eigenvalue weighted by Crippen LogP contribution is 2.31. The summed E-state index contributed by atoms with van der Waals surface area (Å²) < 4.78 is 27.7. The number of carbonyl (C=O) groups excluding carboxylic acids is 3. The summed E-state index contributed by atoms with van der Waals surface area (Å²) in [5.41, 5.74) is -3.16. The summed E-state index contributed by atoms with van der Waals surface area (Å²) in [6, 6.07) is 3.84. The molecule has 9 heteroatoms. The lowest BCUT2D eigenvalue weighted by molar-refractivity contribution is -0.135. The van der Waals surface area contributed by atoms with Crippen molar-refractivity contribution in [1.29, 1.82) is 5.26 Å². The van der Waals surface area contributed by atoms with Gasteiger partial charge >= 0.3 is 6.03 Å². The number of nitrogens with zero attached hydrogens (tertiary/aromatic N) is 2. The highest BCUT2D eigenvalue weighted by molar-refractivity contribution is 6.09. The van der Waals surface area contributed by atoms with Gasteiger partial charge in [-0.1, -0.05) is 19.3 Å². The van der Waals surface area contributed by atoms with Crippen LogP contribution in [0.2, 0.25) is 0 Å². The topological polar surface area (TPSA) is 102 Å². The van der Waals surface area contributed by atoms with Crippen molar-refractivity contribution in [2.45, 2.75) is 50.1 Å². The van der Waals surface area contributed by atoms with Crippen molar-refractivity contribution < 1.29 is 23.2 Å². The van der Waals surface area contributed by atoms with Gasteiger partial charge in [-0.25, -0.2) is 13.6 Å². The number of imide groups is 1. The molecule has 1 heterocycles. The van der Waals surface area contributed by atoms with Crippen LogP contribution in [-0.4, -0.2) is 34.8 Å². The van der Waals surface area contributed by atoms with Crippen LogP contribution in [0.25, 0.3) is 0 Å². The molecule has 0 radical (unpaired) electrons. The molecule has 1 atom stereocenters. The fraction of sp³-hybridized carbons (Fsp3) is 0.474. The average Bonchev–Trinajstić information content (AvgIpc) is 2.88. The van der Waals surface area contributed by atoms with Crippen LogP contribution in [0.3, 0.4) is 0 Å². The van der Waals surface area contributed by atoms with E-state index in [1.165, 1.54) is 6.92 Å². The quantitative estimate of drug-likeness (QED) is 0.769. The fourth-order valence-corrected chi connectivity index (χ4v) is 3.77. The maximum absolute atomic E-state index is 14.2. The van der Waals surface area contributed by atoms with Gasteiger partial charge in [0, 0.05) is 5.56 Å². The van der Waals surface area contributed by atoms with Gasteiger partial charge < -0.3 is 10.6 Å². The Hall–Kier alpha value is -3.02. The molecule has 7 nitrogen and oxygen atoms in total. The van der Waals surface area contributed by atoms with Crippen LogP contribution in [0.4, 0.5) is 13.6 Å². The summed E-state index contributed by atoms with van der Waals surface area (Å²) in [5.74, 6) is -3.14. The molecule has 2 N–H and O–H groups in total. The first-order chi connectivity index (χ1) is 13.2. The Balaban J connectivity index is 1.78. The lowest BCUT2D eigenvalue weighted by atomic mass is 9.83. The zero-order valence-corrected chi connectivity index (χ0v) is 15.3. The highest BCUT2D eigenvalue weighted by Gasteiger charge is 2.51. The molecule has 2 fully saturated rings. The maximum atomic E-state index is 14.2. The summed E-state index contributed by atoms with van der Waals surface area (Å²) in [6.45, 7) is 0.640. The minimum atomic E-state index is -1.83. The molecule has 0 bridgehead atoms. The molecule has 1 saturated carbocycles. The van der Waals surface area contributed by atoms with Gasteiger partial charge in [0.2, 0.25) is 5.91 Å². The summed E-state index contributed by atoms with van der Waals surface area (Å²) in [4.78, 5) is 38.1. The Kier molecular flexibility index (Phi) is 5.06. The minimum absolute atomic E-state index is 0.325. The van der Waals surface area contributed by atoms with E-state index in [9.17, 15) is 28.4 Å². The van der Waals surface area contributed by atoms with E-state index in [-0.39, 0.29) is 5.56 Å². The second kappa shape index (κ2) is 7.19. The van der Waals surface area contributed by atoms with Gasteiger partial charge in [-0.15, -0.1) is 0 Å². The lowest BCUT2D eigenvalue weighted by Crippen LogP contribution is -2.52. The maximum Gasteiger partial charge on any atom is 0.325 e. The number of halogens is 2. The molecule has 1 aromatic rings. The minimum Gasteiger partial charge on any atom is -0.336 e. The van der Waals surface area contributed by atoms with Gasteiger partial charge in [-0.2, -0.15) is 5.26 Å². The Morgan fingerprint density at radius 2 is 1.96 bits per heavy atom. The first-order valence-corrected chi connectivity index (χ1v) is 9.03. The van der Waals surface area contributed by atoms with Crippen LogP contribution in [-0.2, 0) is 15.1 Å². The molecule has 1 unspecified atom stereocenters. The first-order valence-electron chi connectivity index (χ1n) is 9.03. The number of urea groups is 1. The Morgan fingerprint density at radius 1 is 1.29 bits per heavy atom. The van der Waals surface area contributed by atoms with Crippen LogP contribution in [0, 0.1) is 23.0 Å². The van der Waals surface area contributed by atoms with Crippen molar-refractivity contribution >= 4 is 17.8 Å². The van der Waals surface area contributed by atoms with E-state index >= 15 is 0 Å². The SMILES string of the molecule is CC1(c2cc(F)ccc2F)NC(=O)N(CC(=O)NC2(C#N)CCCCC2)C1=O. The first kappa shape index (κ1) is 19.7. The standard InChI is InChI=1S/C19H20F2N4O3/c1-18(13-9-12(20)5-6-14(13)21)16(27)25(17(28)24-18)10-15(26)23-19(11-22)7-3-2-4-8-19/h5-6,9H,2-4,7-8,10H2,1H3,(H,23,26)(H,24,28).